The number of benzene rings is 1. The third-order valence-electron chi connectivity index (χ3n) is 1.34. The van der Waals surface area contributed by atoms with E-state index in [4.69, 9.17) is 7.85 Å². The molecule has 0 heterocycles. The first-order chi connectivity index (χ1) is 4.72. The largest absolute Gasteiger partial charge is 0.295 e. The van der Waals surface area contributed by atoms with Gasteiger partial charge in [-0.05, 0) is 6.92 Å². The molecule has 0 aromatic heterocycles. The quantitative estimate of drug-likeness (QED) is 0.403. The van der Waals surface area contributed by atoms with Gasteiger partial charge in [-0.1, -0.05) is 29.7 Å². The minimum absolute atomic E-state index is 0.0121. The minimum Gasteiger partial charge on any atom is -0.295 e. The van der Waals surface area contributed by atoms with Crippen LogP contribution in [0.2, 0.25) is 0 Å². The van der Waals surface area contributed by atoms with Crippen LogP contribution in [-0.2, 0) is 0 Å². The topological polar surface area (TPSA) is 17.1 Å². The fourth-order valence-corrected chi connectivity index (χ4v) is 0.818. The van der Waals surface area contributed by atoms with Crippen molar-refractivity contribution in [2.45, 2.75) is 6.92 Å². The Bertz CT molecular complexity index is 255. The number of carbonyl (C=O) groups excluding carboxylic acids is 1. The summed E-state index contributed by atoms with van der Waals surface area (Å²) in [5, 5.41) is 0. The average Bonchev–Trinajstić information content (AvgIpc) is 1.88. The fourth-order valence-electron chi connectivity index (χ4n) is 0.818. The van der Waals surface area contributed by atoms with Gasteiger partial charge in [-0.25, -0.2) is 0 Å². The summed E-state index contributed by atoms with van der Waals surface area (Å²) in [4.78, 5) is 10.8. The van der Waals surface area contributed by atoms with E-state index in [-0.39, 0.29) is 5.78 Å². The number of Topliss-reactive ketones (excluding diaryl/α,β-unsaturated/α-hetero) is 1. The van der Waals surface area contributed by atoms with Gasteiger partial charge < -0.3 is 0 Å². The van der Waals surface area contributed by atoms with Crippen LogP contribution in [0.4, 0.5) is 0 Å². The minimum atomic E-state index is 0.0121. The van der Waals surface area contributed by atoms with Gasteiger partial charge in [0.05, 0.1) is 0 Å². The lowest BCUT2D eigenvalue weighted by Crippen LogP contribution is -2.12. The van der Waals surface area contributed by atoms with Gasteiger partial charge in [0, 0.05) is 5.56 Å². The number of hydrogen-bond acceptors (Lipinski definition) is 1. The predicted octanol–water partition coefficient (Wildman–Crippen LogP) is 0.683. The lowest BCUT2D eigenvalue weighted by Gasteiger charge is -1.98. The Hall–Kier alpha value is -1.05. The van der Waals surface area contributed by atoms with Crippen molar-refractivity contribution in [2.75, 3.05) is 0 Å². The highest BCUT2D eigenvalue weighted by molar-refractivity contribution is 6.36. The Labute approximate surface area is 61.5 Å². The molecule has 2 radical (unpaired) electrons. The van der Waals surface area contributed by atoms with Crippen LogP contribution in [0.15, 0.2) is 24.3 Å². The molecule has 0 spiro atoms. The molecule has 1 aromatic carbocycles. The summed E-state index contributed by atoms with van der Waals surface area (Å²) in [6, 6.07) is 7.04. The number of hydrogen-bond donors (Lipinski definition) is 0. The lowest BCUT2D eigenvalue weighted by molar-refractivity contribution is 0.101. The van der Waals surface area contributed by atoms with Crippen LogP contribution in [-0.4, -0.2) is 13.6 Å². The Balaban J connectivity index is 3.15. The Morgan fingerprint density at radius 3 is 2.40 bits per heavy atom. The molecule has 0 saturated heterocycles. The molecule has 1 rings (SSSR count). The molecule has 10 heavy (non-hydrogen) atoms. The average molecular weight is 130 g/mol. The van der Waals surface area contributed by atoms with Gasteiger partial charge in [-0.3, -0.25) is 4.79 Å². The van der Waals surface area contributed by atoms with Crippen LogP contribution >= 0.6 is 0 Å². The summed E-state index contributed by atoms with van der Waals surface area (Å²) >= 11 is 0. The molecule has 1 nitrogen and oxygen atoms in total. The molecule has 0 N–H and O–H groups in total. The van der Waals surface area contributed by atoms with E-state index in [1.54, 1.807) is 18.2 Å². The van der Waals surface area contributed by atoms with Crippen LogP contribution in [0.25, 0.3) is 0 Å². The molecule has 0 aliphatic carbocycles. The van der Waals surface area contributed by atoms with Crippen LogP contribution in [0.1, 0.15) is 17.3 Å². The molecule has 0 aliphatic heterocycles. The smallest absolute Gasteiger partial charge is 0.159 e. The lowest BCUT2D eigenvalue weighted by atomic mass is 9.89. The van der Waals surface area contributed by atoms with Crippen molar-refractivity contribution in [1.29, 1.82) is 0 Å². The van der Waals surface area contributed by atoms with Crippen molar-refractivity contribution < 1.29 is 4.79 Å². The van der Waals surface area contributed by atoms with Gasteiger partial charge in [0.15, 0.2) is 5.78 Å². The molecule has 0 fully saturated rings. The highest BCUT2D eigenvalue weighted by Gasteiger charge is 1.99. The predicted molar refractivity (Wildman–Crippen MR) is 41.8 cm³/mol. The summed E-state index contributed by atoms with van der Waals surface area (Å²) in [6.07, 6.45) is 0. The van der Waals surface area contributed by atoms with Crippen molar-refractivity contribution in [1.82, 2.24) is 0 Å². The van der Waals surface area contributed by atoms with E-state index in [0.29, 0.717) is 11.0 Å². The molecule has 0 bridgehead atoms. The van der Waals surface area contributed by atoms with E-state index in [1.807, 2.05) is 6.07 Å². The van der Waals surface area contributed by atoms with Crippen LogP contribution in [0.5, 0.6) is 0 Å². The van der Waals surface area contributed by atoms with Gasteiger partial charge >= 0.3 is 0 Å². The third-order valence-corrected chi connectivity index (χ3v) is 1.34. The van der Waals surface area contributed by atoms with Gasteiger partial charge in [0.2, 0.25) is 0 Å². The summed E-state index contributed by atoms with van der Waals surface area (Å²) in [7, 11) is 5.50. The standard InChI is InChI=1S/C8H7BO/c1-6(10)7-4-2-3-5-8(7)9/h2-5H,1H3. The first kappa shape index (κ1) is 7.07. The molecular weight excluding hydrogens is 123 g/mol. The monoisotopic (exact) mass is 130 g/mol. The van der Waals surface area contributed by atoms with Crippen molar-refractivity contribution >= 4 is 19.1 Å². The SMILES string of the molecule is [B]c1ccccc1C(C)=O. The highest BCUT2D eigenvalue weighted by atomic mass is 16.1. The molecule has 0 unspecified atom stereocenters. The highest BCUT2D eigenvalue weighted by Crippen LogP contribution is 1.94. The van der Waals surface area contributed by atoms with E-state index in [1.165, 1.54) is 6.92 Å². The molecule has 0 saturated carbocycles. The van der Waals surface area contributed by atoms with E-state index in [9.17, 15) is 4.79 Å². The van der Waals surface area contributed by atoms with Crippen LogP contribution in [0, 0.1) is 0 Å². The van der Waals surface area contributed by atoms with E-state index < -0.39 is 0 Å². The van der Waals surface area contributed by atoms with Gasteiger partial charge in [0.25, 0.3) is 0 Å². The van der Waals surface area contributed by atoms with E-state index in [0.717, 1.165) is 0 Å². The second kappa shape index (κ2) is 2.69. The zero-order chi connectivity index (χ0) is 7.56. The third kappa shape index (κ3) is 1.27. The molecule has 2 heteroatoms. The summed E-state index contributed by atoms with van der Waals surface area (Å²) in [5.41, 5.74) is 1.15. The Morgan fingerprint density at radius 2 is 2.00 bits per heavy atom. The van der Waals surface area contributed by atoms with Gasteiger partial charge in [0.1, 0.15) is 7.85 Å². The molecule has 1 aromatic rings. The number of carbonyl (C=O) groups is 1. The van der Waals surface area contributed by atoms with E-state index >= 15 is 0 Å². The van der Waals surface area contributed by atoms with Crippen molar-refractivity contribution in [3.05, 3.63) is 29.8 Å². The second-order valence-electron chi connectivity index (χ2n) is 2.14. The maximum Gasteiger partial charge on any atom is 0.159 e. The van der Waals surface area contributed by atoms with E-state index in [2.05, 4.69) is 0 Å². The molecule has 48 valence electrons. The Morgan fingerprint density at radius 1 is 1.40 bits per heavy atom. The summed E-state index contributed by atoms with van der Waals surface area (Å²) in [5.74, 6) is 0.0121. The maximum absolute atomic E-state index is 10.8. The van der Waals surface area contributed by atoms with Crippen LogP contribution in [0.3, 0.4) is 0 Å². The zero-order valence-electron chi connectivity index (χ0n) is 5.79. The van der Waals surface area contributed by atoms with Crippen LogP contribution < -0.4 is 5.46 Å². The zero-order valence-corrected chi connectivity index (χ0v) is 5.79. The Kier molecular flexibility index (Phi) is 1.90. The molecular formula is C8H7BO. The number of ketones is 1. The summed E-state index contributed by atoms with van der Waals surface area (Å²) < 4.78 is 0. The van der Waals surface area contributed by atoms with Crippen molar-refractivity contribution in [3.8, 4) is 0 Å². The number of rotatable bonds is 1. The normalized spacial score (nSPS) is 9.30. The fraction of sp³-hybridized carbons (Fsp3) is 0.125. The van der Waals surface area contributed by atoms with Gasteiger partial charge in [-0.15, -0.1) is 0 Å². The second-order valence-corrected chi connectivity index (χ2v) is 2.14. The van der Waals surface area contributed by atoms with Gasteiger partial charge in [-0.2, -0.15) is 0 Å². The van der Waals surface area contributed by atoms with Crippen molar-refractivity contribution in [2.24, 2.45) is 0 Å². The van der Waals surface area contributed by atoms with Crippen molar-refractivity contribution in [3.63, 3.8) is 0 Å². The molecule has 0 atom stereocenters. The summed E-state index contributed by atoms with van der Waals surface area (Å²) in [6.45, 7) is 1.51. The first-order valence-electron chi connectivity index (χ1n) is 3.07. The maximum atomic E-state index is 10.8. The first-order valence-corrected chi connectivity index (χ1v) is 3.07. The molecule has 0 amide bonds. The molecule has 0 aliphatic rings.